The van der Waals surface area contributed by atoms with Crippen LogP contribution in [0.1, 0.15) is 32.3 Å². The maximum absolute atomic E-state index is 9.14. The number of ether oxygens (including phenoxy) is 1. The molecule has 0 spiro atoms. The fourth-order valence-corrected chi connectivity index (χ4v) is 3.17. The third-order valence-corrected chi connectivity index (χ3v) is 4.64. The van der Waals surface area contributed by atoms with Crippen LogP contribution in [-0.4, -0.2) is 48.8 Å². The van der Waals surface area contributed by atoms with Crippen molar-refractivity contribution in [2.75, 3.05) is 32.8 Å². The van der Waals surface area contributed by atoms with Gasteiger partial charge in [-0.05, 0) is 36.1 Å². The topological polar surface area (TPSA) is 44.7 Å². The van der Waals surface area contributed by atoms with Gasteiger partial charge >= 0.3 is 0 Å². The van der Waals surface area contributed by atoms with Gasteiger partial charge in [-0.1, -0.05) is 69.5 Å². The first-order chi connectivity index (χ1) is 14.2. The van der Waals surface area contributed by atoms with Gasteiger partial charge in [0.1, 0.15) is 12.4 Å². The molecule has 0 saturated carbocycles. The molecule has 1 aliphatic rings. The van der Waals surface area contributed by atoms with Gasteiger partial charge in [0.25, 0.3) is 0 Å². The third-order valence-electron chi connectivity index (χ3n) is 4.64. The molecule has 4 heteroatoms. The highest BCUT2D eigenvalue weighted by molar-refractivity contribution is 5.29. The van der Waals surface area contributed by atoms with Crippen LogP contribution in [-0.2, 0) is 11.3 Å². The number of nitrogens with zero attached hydrogens (tertiary/aromatic N) is 1. The summed E-state index contributed by atoms with van der Waals surface area (Å²) >= 11 is 0. The summed E-state index contributed by atoms with van der Waals surface area (Å²) in [5.41, 5.74) is 2.31. The lowest BCUT2D eigenvalue weighted by atomic mass is 10.1. The zero-order valence-electron chi connectivity index (χ0n) is 18.1. The van der Waals surface area contributed by atoms with Crippen molar-refractivity contribution < 1.29 is 9.84 Å². The number of aliphatic hydroxyl groups excluding tert-OH is 1. The molecule has 1 aromatic rings. The highest BCUT2D eigenvalue weighted by atomic mass is 16.5. The molecule has 1 saturated heterocycles. The van der Waals surface area contributed by atoms with E-state index in [2.05, 4.69) is 23.4 Å². The lowest BCUT2D eigenvalue weighted by molar-refractivity contribution is 0.175. The fraction of sp³-hybridized carbons (Fsp3) is 0.440. The maximum Gasteiger partial charge on any atom is 0.119 e. The first-order valence-corrected chi connectivity index (χ1v) is 10.6. The Morgan fingerprint density at radius 3 is 2.69 bits per heavy atom. The summed E-state index contributed by atoms with van der Waals surface area (Å²) < 4.78 is 5.91. The van der Waals surface area contributed by atoms with E-state index in [1.807, 2.05) is 62.4 Å². The van der Waals surface area contributed by atoms with Crippen molar-refractivity contribution in [2.24, 2.45) is 0 Å². The lowest BCUT2D eigenvalue weighted by Crippen LogP contribution is -2.51. The van der Waals surface area contributed by atoms with Gasteiger partial charge < -0.3 is 20.1 Å². The second-order valence-electron chi connectivity index (χ2n) is 6.72. The normalized spacial score (nSPS) is 17.8. The summed E-state index contributed by atoms with van der Waals surface area (Å²) in [7, 11) is 0. The van der Waals surface area contributed by atoms with Gasteiger partial charge in [-0.15, -0.1) is 0 Å². The number of hydrogen-bond donors (Lipinski definition) is 2. The number of piperazine rings is 1. The summed E-state index contributed by atoms with van der Waals surface area (Å²) in [4.78, 5) is 2.44. The Balaban J connectivity index is 0.00000204. The maximum atomic E-state index is 9.14. The molecule has 1 heterocycles. The van der Waals surface area contributed by atoms with E-state index >= 15 is 0 Å². The molecule has 2 rings (SSSR count). The average Bonchev–Trinajstić information content (AvgIpc) is 2.77. The molecule has 1 aromatic carbocycles. The van der Waals surface area contributed by atoms with Crippen LogP contribution in [0.5, 0.6) is 0 Å². The van der Waals surface area contributed by atoms with Gasteiger partial charge in [-0.3, -0.25) is 0 Å². The van der Waals surface area contributed by atoms with Crippen LogP contribution in [0.2, 0.25) is 0 Å². The molecular weight excluding hydrogens is 360 g/mol. The van der Waals surface area contributed by atoms with Crippen LogP contribution in [0.15, 0.2) is 79.1 Å². The zero-order valence-corrected chi connectivity index (χ0v) is 18.1. The summed E-state index contributed by atoms with van der Waals surface area (Å²) in [6.45, 7) is 16.4. The Kier molecular flexibility index (Phi) is 13.5. The highest BCUT2D eigenvalue weighted by Gasteiger charge is 2.18. The van der Waals surface area contributed by atoms with Crippen molar-refractivity contribution in [3.63, 3.8) is 0 Å². The van der Waals surface area contributed by atoms with E-state index in [9.17, 15) is 0 Å². The van der Waals surface area contributed by atoms with Gasteiger partial charge in [-0.25, -0.2) is 0 Å². The monoisotopic (exact) mass is 398 g/mol. The molecule has 0 amide bonds. The van der Waals surface area contributed by atoms with Crippen molar-refractivity contribution in [3.05, 3.63) is 84.7 Å². The molecule has 0 aliphatic carbocycles. The molecule has 1 fully saturated rings. The summed E-state index contributed by atoms with van der Waals surface area (Å²) in [5, 5.41) is 12.6. The Labute approximate surface area is 177 Å². The first kappa shape index (κ1) is 24.9. The lowest BCUT2D eigenvalue weighted by Gasteiger charge is -2.33. The molecule has 4 nitrogen and oxygen atoms in total. The second kappa shape index (κ2) is 15.7. The summed E-state index contributed by atoms with van der Waals surface area (Å²) in [6, 6.07) is 10.5. The number of rotatable bonds is 11. The number of allylic oxidation sites excluding steroid dienone is 4. The molecule has 29 heavy (non-hydrogen) atoms. The molecular formula is C25H38N2O2. The van der Waals surface area contributed by atoms with E-state index in [4.69, 9.17) is 9.84 Å². The molecule has 0 bridgehead atoms. The van der Waals surface area contributed by atoms with E-state index in [-0.39, 0.29) is 6.61 Å². The fourth-order valence-electron chi connectivity index (χ4n) is 3.17. The van der Waals surface area contributed by atoms with E-state index in [1.54, 1.807) is 6.08 Å². The van der Waals surface area contributed by atoms with Crippen LogP contribution in [0.4, 0.5) is 0 Å². The van der Waals surface area contributed by atoms with E-state index < -0.39 is 0 Å². The van der Waals surface area contributed by atoms with Crippen LogP contribution in [0.3, 0.4) is 0 Å². The molecule has 0 aromatic heterocycles. The predicted octanol–water partition coefficient (Wildman–Crippen LogP) is 4.46. The van der Waals surface area contributed by atoms with Crippen LogP contribution in [0, 0.1) is 0 Å². The van der Waals surface area contributed by atoms with Crippen molar-refractivity contribution >= 4 is 0 Å². The van der Waals surface area contributed by atoms with Gasteiger partial charge in [-0.2, -0.15) is 0 Å². The smallest absolute Gasteiger partial charge is 0.119 e. The summed E-state index contributed by atoms with van der Waals surface area (Å²) in [6.07, 6.45) is 9.37. The van der Waals surface area contributed by atoms with Crippen LogP contribution < -0.4 is 5.32 Å². The molecule has 2 N–H and O–H groups in total. The Morgan fingerprint density at radius 1 is 1.28 bits per heavy atom. The molecule has 0 radical (unpaired) electrons. The minimum atomic E-state index is 0.233. The van der Waals surface area contributed by atoms with E-state index in [0.29, 0.717) is 12.6 Å². The molecule has 160 valence electrons. The molecule has 1 atom stereocenters. The minimum absolute atomic E-state index is 0.233. The van der Waals surface area contributed by atoms with Crippen LogP contribution >= 0.6 is 0 Å². The predicted molar refractivity (Wildman–Crippen MR) is 124 cm³/mol. The van der Waals surface area contributed by atoms with Crippen molar-refractivity contribution in [2.45, 2.75) is 39.3 Å². The van der Waals surface area contributed by atoms with Gasteiger partial charge in [0.05, 0.1) is 0 Å². The van der Waals surface area contributed by atoms with Gasteiger partial charge in [0.15, 0.2) is 0 Å². The van der Waals surface area contributed by atoms with Gasteiger partial charge in [0.2, 0.25) is 0 Å². The van der Waals surface area contributed by atoms with Gasteiger partial charge in [0, 0.05) is 38.8 Å². The Morgan fingerprint density at radius 2 is 2.03 bits per heavy atom. The van der Waals surface area contributed by atoms with Crippen LogP contribution in [0.25, 0.3) is 0 Å². The number of hydrogen-bond acceptors (Lipinski definition) is 4. The SMILES string of the molecule is C=C/C=C(\C=C(/C=C)OCc1ccccc1)CCN1CCNC(CCO)C1.CC. The standard InChI is InChI=1S/C23H32N2O2.C2H6/c1-3-8-20(11-14-25-15-13-24-22(18-25)12-16-26)17-23(4-2)27-19-21-9-6-5-7-10-21;1-2/h3-10,17,22,24,26H,1-2,11-16,18-19H2;1-2H3/b20-8-,23-17+;. The molecule has 1 unspecified atom stereocenters. The highest BCUT2D eigenvalue weighted by Crippen LogP contribution is 2.14. The third kappa shape index (κ3) is 10.3. The van der Waals surface area contributed by atoms with Crippen molar-refractivity contribution in [1.29, 1.82) is 0 Å². The number of aliphatic hydroxyl groups is 1. The zero-order chi connectivity index (χ0) is 21.3. The first-order valence-electron chi connectivity index (χ1n) is 10.6. The summed E-state index contributed by atoms with van der Waals surface area (Å²) in [5.74, 6) is 0.769. The van der Waals surface area contributed by atoms with E-state index in [1.165, 1.54) is 5.57 Å². The average molecular weight is 399 g/mol. The second-order valence-corrected chi connectivity index (χ2v) is 6.72. The number of benzene rings is 1. The van der Waals surface area contributed by atoms with Crippen molar-refractivity contribution in [1.82, 2.24) is 10.2 Å². The van der Waals surface area contributed by atoms with Crippen molar-refractivity contribution in [3.8, 4) is 0 Å². The quantitative estimate of drug-likeness (QED) is 0.427. The Hall–Kier alpha value is -2.14. The largest absolute Gasteiger partial charge is 0.489 e. The molecule has 1 aliphatic heterocycles. The minimum Gasteiger partial charge on any atom is -0.489 e. The Bertz CT molecular complexity index is 635. The number of nitrogens with one attached hydrogen (secondary N) is 1. The van der Waals surface area contributed by atoms with E-state index in [0.717, 1.165) is 50.3 Å².